The minimum Gasteiger partial charge on any atom is -0.460 e. The molecule has 98 valence electrons. The first-order valence-corrected chi connectivity index (χ1v) is 6.89. The van der Waals surface area contributed by atoms with Crippen LogP contribution >= 0.6 is 12.2 Å². The molecule has 1 heterocycles. The highest BCUT2D eigenvalue weighted by molar-refractivity contribution is 7.80. The Morgan fingerprint density at radius 2 is 2.39 bits per heavy atom. The van der Waals surface area contributed by atoms with Crippen LogP contribution in [0.5, 0.6) is 6.01 Å². The van der Waals surface area contributed by atoms with Gasteiger partial charge in [0.1, 0.15) is 16.8 Å². The third-order valence-corrected chi connectivity index (χ3v) is 3.68. The largest absolute Gasteiger partial charge is 0.460 e. The Labute approximate surface area is 113 Å². The molecule has 18 heavy (non-hydrogen) atoms. The van der Waals surface area contributed by atoms with Crippen LogP contribution in [0, 0.1) is 5.92 Å². The zero-order valence-corrected chi connectivity index (χ0v) is 11.4. The Kier molecular flexibility index (Phi) is 4.47. The smallest absolute Gasteiger partial charge is 0.317 e. The van der Waals surface area contributed by atoms with E-state index in [1.165, 1.54) is 19.3 Å². The van der Waals surface area contributed by atoms with Gasteiger partial charge in [-0.25, -0.2) is 4.98 Å². The summed E-state index contributed by atoms with van der Waals surface area (Å²) in [5.74, 6) is 0.766. The zero-order chi connectivity index (χ0) is 13.0. The van der Waals surface area contributed by atoms with Crippen LogP contribution in [0.25, 0.3) is 0 Å². The fourth-order valence-corrected chi connectivity index (χ4v) is 2.52. The van der Waals surface area contributed by atoms with Crippen molar-refractivity contribution >= 4 is 17.2 Å². The van der Waals surface area contributed by atoms with Crippen LogP contribution in [0.3, 0.4) is 0 Å². The highest BCUT2D eigenvalue weighted by atomic mass is 32.1. The SMILES string of the molecule is CCC1CCCC(Oc2nccc(C(N)=S)n2)C1. The van der Waals surface area contributed by atoms with Gasteiger partial charge >= 0.3 is 6.01 Å². The van der Waals surface area contributed by atoms with E-state index in [1.54, 1.807) is 12.3 Å². The second-order valence-electron chi connectivity index (χ2n) is 4.77. The number of nitrogens with zero attached hydrogens (tertiary/aromatic N) is 2. The standard InChI is InChI=1S/C13H19N3OS/c1-2-9-4-3-5-10(8-9)17-13-15-7-6-11(16-13)12(14)18/h6-7,9-10H,2-5,8H2,1H3,(H2,14,18). The van der Waals surface area contributed by atoms with Crippen molar-refractivity contribution in [3.8, 4) is 6.01 Å². The molecule has 1 aliphatic rings. The molecule has 0 spiro atoms. The molecule has 0 aliphatic heterocycles. The van der Waals surface area contributed by atoms with E-state index in [1.807, 2.05) is 0 Å². The molecule has 0 aromatic carbocycles. The molecule has 0 bridgehead atoms. The maximum Gasteiger partial charge on any atom is 0.317 e. The molecule has 4 nitrogen and oxygen atoms in total. The van der Waals surface area contributed by atoms with E-state index in [0.717, 1.165) is 18.8 Å². The highest BCUT2D eigenvalue weighted by Crippen LogP contribution is 2.28. The summed E-state index contributed by atoms with van der Waals surface area (Å²) in [6.45, 7) is 2.23. The van der Waals surface area contributed by atoms with Gasteiger partial charge in [-0.1, -0.05) is 32.0 Å². The summed E-state index contributed by atoms with van der Waals surface area (Å²) >= 11 is 4.90. The second-order valence-corrected chi connectivity index (χ2v) is 5.21. The molecule has 2 rings (SSSR count). The highest BCUT2D eigenvalue weighted by Gasteiger charge is 2.22. The third-order valence-electron chi connectivity index (χ3n) is 3.47. The number of nitrogens with two attached hydrogens (primary N) is 1. The molecule has 0 saturated heterocycles. The average Bonchev–Trinajstić information content (AvgIpc) is 2.39. The number of rotatable bonds is 4. The lowest BCUT2D eigenvalue weighted by molar-refractivity contribution is 0.111. The molecule has 2 N–H and O–H groups in total. The van der Waals surface area contributed by atoms with E-state index in [0.29, 0.717) is 11.7 Å². The van der Waals surface area contributed by atoms with Gasteiger partial charge in [-0.15, -0.1) is 0 Å². The van der Waals surface area contributed by atoms with E-state index in [2.05, 4.69) is 16.9 Å². The molecule has 1 fully saturated rings. The van der Waals surface area contributed by atoms with Gasteiger partial charge in [0.15, 0.2) is 0 Å². The first kappa shape index (κ1) is 13.2. The van der Waals surface area contributed by atoms with Crippen LogP contribution in [0.4, 0.5) is 0 Å². The normalized spacial score (nSPS) is 23.6. The van der Waals surface area contributed by atoms with Crippen molar-refractivity contribution in [3.63, 3.8) is 0 Å². The van der Waals surface area contributed by atoms with Crippen LogP contribution in [0.15, 0.2) is 12.3 Å². The Hall–Kier alpha value is -1.23. The number of hydrogen-bond acceptors (Lipinski definition) is 4. The Bertz CT molecular complexity index is 424. The van der Waals surface area contributed by atoms with E-state index in [4.69, 9.17) is 22.7 Å². The van der Waals surface area contributed by atoms with Crippen molar-refractivity contribution in [1.29, 1.82) is 0 Å². The lowest BCUT2D eigenvalue weighted by Crippen LogP contribution is -2.26. The third kappa shape index (κ3) is 3.38. The van der Waals surface area contributed by atoms with Crippen molar-refractivity contribution in [1.82, 2.24) is 9.97 Å². The van der Waals surface area contributed by atoms with Gasteiger partial charge in [-0.05, 0) is 31.2 Å². The molecule has 2 atom stereocenters. The lowest BCUT2D eigenvalue weighted by Gasteiger charge is -2.28. The summed E-state index contributed by atoms with van der Waals surface area (Å²) in [5, 5.41) is 0. The average molecular weight is 265 g/mol. The maximum absolute atomic E-state index is 5.84. The van der Waals surface area contributed by atoms with Crippen LogP contribution < -0.4 is 10.5 Å². The molecular weight excluding hydrogens is 246 g/mol. The number of aromatic nitrogens is 2. The second kappa shape index (κ2) is 6.09. The number of ether oxygens (including phenoxy) is 1. The molecule has 1 aromatic heterocycles. The van der Waals surface area contributed by atoms with Gasteiger partial charge in [0.05, 0.1) is 0 Å². The summed E-state index contributed by atoms with van der Waals surface area (Å²) < 4.78 is 5.84. The van der Waals surface area contributed by atoms with Gasteiger partial charge in [0.25, 0.3) is 0 Å². The summed E-state index contributed by atoms with van der Waals surface area (Å²) in [4.78, 5) is 8.61. The monoisotopic (exact) mass is 265 g/mol. The lowest BCUT2D eigenvalue weighted by atomic mass is 9.86. The van der Waals surface area contributed by atoms with Crippen LogP contribution in [-0.2, 0) is 0 Å². The van der Waals surface area contributed by atoms with Crippen molar-refractivity contribution in [2.24, 2.45) is 11.7 Å². The Morgan fingerprint density at radius 3 is 3.11 bits per heavy atom. The van der Waals surface area contributed by atoms with E-state index < -0.39 is 0 Å². The maximum atomic E-state index is 5.84. The molecule has 1 aliphatic carbocycles. The van der Waals surface area contributed by atoms with Gasteiger partial charge in [0, 0.05) is 6.20 Å². The van der Waals surface area contributed by atoms with Crippen LogP contribution in [-0.4, -0.2) is 21.1 Å². The van der Waals surface area contributed by atoms with Crippen molar-refractivity contribution in [3.05, 3.63) is 18.0 Å². The molecule has 0 radical (unpaired) electrons. The van der Waals surface area contributed by atoms with Gasteiger partial charge in [-0.3, -0.25) is 0 Å². The first-order chi connectivity index (χ1) is 8.69. The predicted molar refractivity (Wildman–Crippen MR) is 74.6 cm³/mol. The molecule has 1 saturated carbocycles. The van der Waals surface area contributed by atoms with Gasteiger partial charge in [-0.2, -0.15) is 4.98 Å². The van der Waals surface area contributed by atoms with Crippen molar-refractivity contribution < 1.29 is 4.74 Å². The molecule has 1 aromatic rings. The zero-order valence-electron chi connectivity index (χ0n) is 10.6. The number of thiocarbonyl (C=S) groups is 1. The number of hydrogen-bond donors (Lipinski definition) is 1. The summed E-state index contributed by atoms with van der Waals surface area (Å²) in [5.41, 5.74) is 6.11. The van der Waals surface area contributed by atoms with Gasteiger partial charge < -0.3 is 10.5 Å². The molecular formula is C13H19N3OS. The first-order valence-electron chi connectivity index (χ1n) is 6.48. The fraction of sp³-hybridized carbons (Fsp3) is 0.615. The van der Waals surface area contributed by atoms with Crippen molar-refractivity contribution in [2.45, 2.75) is 45.1 Å². The van der Waals surface area contributed by atoms with Crippen molar-refractivity contribution in [2.75, 3.05) is 0 Å². The molecule has 5 heteroatoms. The van der Waals surface area contributed by atoms with E-state index >= 15 is 0 Å². The Balaban J connectivity index is 2.00. The topological polar surface area (TPSA) is 61.0 Å². The summed E-state index contributed by atoms with van der Waals surface area (Å²) in [7, 11) is 0. The minimum absolute atomic E-state index is 0.227. The molecule has 0 amide bonds. The van der Waals surface area contributed by atoms with Crippen LogP contribution in [0.2, 0.25) is 0 Å². The summed E-state index contributed by atoms with van der Waals surface area (Å²) in [6, 6.07) is 2.09. The van der Waals surface area contributed by atoms with E-state index in [-0.39, 0.29) is 11.1 Å². The fourth-order valence-electron chi connectivity index (χ4n) is 2.40. The quantitative estimate of drug-likeness (QED) is 0.847. The molecule has 2 unspecified atom stereocenters. The minimum atomic E-state index is 0.227. The summed E-state index contributed by atoms with van der Waals surface area (Å²) in [6.07, 6.45) is 7.78. The predicted octanol–water partition coefficient (Wildman–Crippen LogP) is 2.46. The Morgan fingerprint density at radius 1 is 1.56 bits per heavy atom. The van der Waals surface area contributed by atoms with Gasteiger partial charge in [0.2, 0.25) is 0 Å². The van der Waals surface area contributed by atoms with E-state index in [9.17, 15) is 0 Å². The van der Waals surface area contributed by atoms with Crippen LogP contribution in [0.1, 0.15) is 44.7 Å².